The molecule has 3 heterocycles. The second-order valence-electron chi connectivity index (χ2n) is 4.93. The van der Waals surface area contributed by atoms with E-state index in [1.165, 1.54) is 0 Å². The Balaban J connectivity index is 2.11. The minimum absolute atomic E-state index is 0.290. The van der Waals surface area contributed by atoms with Crippen LogP contribution in [-0.4, -0.2) is 29.0 Å². The molecule has 5 heteroatoms. The van der Waals surface area contributed by atoms with Gasteiger partial charge in [0.05, 0.1) is 5.69 Å². The topological polar surface area (TPSA) is 80.9 Å². The van der Waals surface area contributed by atoms with Crippen molar-refractivity contribution in [3.8, 4) is 11.3 Å². The standard InChI is InChI=1S/C15H16N4O/c16-15(20)13-4-3-12(10-5-7-18-8-10)14(19-13)11-2-1-6-17-9-11/h1-4,6,9-10,18H,5,7-8H2,(H2,16,20)/t10-/m0/s1. The molecule has 3 N–H and O–H groups in total. The molecule has 1 fully saturated rings. The van der Waals surface area contributed by atoms with Crippen LogP contribution in [0.3, 0.4) is 0 Å². The molecule has 0 unspecified atom stereocenters. The minimum atomic E-state index is -0.508. The van der Waals surface area contributed by atoms with Gasteiger partial charge in [0.1, 0.15) is 5.69 Å². The van der Waals surface area contributed by atoms with E-state index in [2.05, 4.69) is 15.3 Å². The summed E-state index contributed by atoms with van der Waals surface area (Å²) in [5.41, 5.74) is 8.49. The number of hydrogen-bond acceptors (Lipinski definition) is 4. The number of hydrogen-bond donors (Lipinski definition) is 2. The number of amides is 1. The van der Waals surface area contributed by atoms with Gasteiger partial charge in [-0.25, -0.2) is 4.98 Å². The van der Waals surface area contributed by atoms with Gasteiger partial charge < -0.3 is 11.1 Å². The number of primary amides is 1. The average molecular weight is 268 g/mol. The van der Waals surface area contributed by atoms with Gasteiger partial charge in [-0.05, 0) is 42.6 Å². The fraction of sp³-hybridized carbons (Fsp3) is 0.267. The summed E-state index contributed by atoms with van der Waals surface area (Å²) in [4.78, 5) is 19.9. The van der Waals surface area contributed by atoms with E-state index in [1.54, 1.807) is 18.5 Å². The largest absolute Gasteiger partial charge is 0.364 e. The summed E-state index contributed by atoms with van der Waals surface area (Å²) in [6.07, 6.45) is 4.56. The van der Waals surface area contributed by atoms with Gasteiger partial charge in [-0.2, -0.15) is 0 Å². The van der Waals surface area contributed by atoms with Gasteiger partial charge >= 0.3 is 0 Å². The number of pyridine rings is 2. The Morgan fingerprint density at radius 3 is 2.90 bits per heavy atom. The zero-order chi connectivity index (χ0) is 13.9. The number of rotatable bonds is 3. The first-order valence-electron chi connectivity index (χ1n) is 6.67. The van der Waals surface area contributed by atoms with Gasteiger partial charge in [0.2, 0.25) is 0 Å². The predicted molar refractivity (Wildman–Crippen MR) is 76.2 cm³/mol. The first kappa shape index (κ1) is 12.7. The molecular weight excluding hydrogens is 252 g/mol. The Morgan fingerprint density at radius 1 is 1.35 bits per heavy atom. The smallest absolute Gasteiger partial charge is 0.267 e. The van der Waals surface area contributed by atoms with Gasteiger partial charge in [-0.1, -0.05) is 6.07 Å². The number of nitrogens with one attached hydrogen (secondary N) is 1. The molecule has 1 aliphatic rings. The summed E-state index contributed by atoms with van der Waals surface area (Å²) < 4.78 is 0. The van der Waals surface area contributed by atoms with E-state index < -0.39 is 5.91 Å². The maximum absolute atomic E-state index is 11.3. The molecule has 0 spiro atoms. The third kappa shape index (κ3) is 2.40. The fourth-order valence-corrected chi connectivity index (χ4v) is 2.59. The highest BCUT2D eigenvalue weighted by Gasteiger charge is 2.22. The van der Waals surface area contributed by atoms with Crippen molar-refractivity contribution in [3.63, 3.8) is 0 Å². The van der Waals surface area contributed by atoms with E-state index in [0.29, 0.717) is 11.6 Å². The summed E-state index contributed by atoms with van der Waals surface area (Å²) in [5.74, 6) is -0.0918. The molecule has 1 aliphatic heterocycles. The van der Waals surface area contributed by atoms with Gasteiger partial charge in [0.25, 0.3) is 5.91 Å². The monoisotopic (exact) mass is 268 g/mol. The van der Waals surface area contributed by atoms with E-state index >= 15 is 0 Å². The number of carbonyl (C=O) groups is 1. The predicted octanol–water partition coefficient (Wildman–Crippen LogP) is 1.32. The van der Waals surface area contributed by atoms with E-state index in [1.807, 2.05) is 18.2 Å². The maximum Gasteiger partial charge on any atom is 0.267 e. The molecule has 0 radical (unpaired) electrons. The third-order valence-electron chi connectivity index (χ3n) is 3.61. The van der Waals surface area contributed by atoms with Crippen LogP contribution in [0.2, 0.25) is 0 Å². The molecule has 1 saturated heterocycles. The van der Waals surface area contributed by atoms with Gasteiger partial charge in [-0.15, -0.1) is 0 Å². The normalized spacial score (nSPS) is 18.1. The molecule has 2 aromatic heterocycles. The van der Waals surface area contributed by atoms with Crippen LogP contribution < -0.4 is 11.1 Å². The summed E-state index contributed by atoms with van der Waals surface area (Å²) >= 11 is 0. The molecule has 0 aliphatic carbocycles. The van der Waals surface area contributed by atoms with Crippen molar-refractivity contribution in [1.82, 2.24) is 15.3 Å². The lowest BCUT2D eigenvalue weighted by molar-refractivity contribution is 0.0995. The molecule has 2 aromatic rings. The highest BCUT2D eigenvalue weighted by Crippen LogP contribution is 2.31. The molecule has 0 bridgehead atoms. The number of nitrogens with zero attached hydrogens (tertiary/aromatic N) is 2. The zero-order valence-electron chi connectivity index (χ0n) is 11.0. The molecule has 1 atom stereocenters. The van der Waals surface area contributed by atoms with Crippen molar-refractivity contribution in [2.45, 2.75) is 12.3 Å². The Hall–Kier alpha value is -2.27. The maximum atomic E-state index is 11.3. The van der Waals surface area contributed by atoms with Crippen LogP contribution in [0.4, 0.5) is 0 Å². The van der Waals surface area contributed by atoms with Gasteiger partial charge in [0, 0.05) is 24.5 Å². The van der Waals surface area contributed by atoms with Crippen LogP contribution in [0.1, 0.15) is 28.4 Å². The lowest BCUT2D eigenvalue weighted by Crippen LogP contribution is -2.15. The van der Waals surface area contributed by atoms with Crippen LogP contribution in [0, 0.1) is 0 Å². The number of carbonyl (C=O) groups excluding carboxylic acids is 1. The van der Waals surface area contributed by atoms with Gasteiger partial charge in [-0.3, -0.25) is 9.78 Å². The Kier molecular flexibility index (Phi) is 3.43. The Morgan fingerprint density at radius 2 is 2.25 bits per heavy atom. The van der Waals surface area contributed by atoms with E-state index in [9.17, 15) is 4.79 Å². The number of nitrogens with two attached hydrogens (primary N) is 1. The van der Waals surface area contributed by atoms with Crippen molar-refractivity contribution in [3.05, 3.63) is 47.9 Å². The summed E-state index contributed by atoms with van der Waals surface area (Å²) in [6, 6.07) is 7.49. The quantitative estimate of drug-likeness (QED) is 0.879. The van der Waals surface area contributed by atoms with Crippen LogP contribution in [0.5, 0.6) is 0 Å². The average Bonchev–Trinajstić information content (AvgIpc) is 3.01. The Bertz CT molecular complexity index is 621. The molecule has 20 heavy (non-hydrogen) atoms. The highest BCUT2D eigenvalue weighted by molar-refractivity contribution is 5.91. The van der Waals surface area contributed by atoms with E-state index in [4.69, 9.17) is 5.73 Å². The SMILES string of the molecule is NC(=O)c1ccc([C@H]2CCNC2)c(-c2cccnc2)n1. The van der Waals surface area contributed by atoms with Crippen molar-refractivity contribution in [2.24, 2.45) is 5.73 Å². The van der Waals surface area contributed by atoms with Crippen molar-refractivity contribution in [1.29, 1.82) is 0 Å². The molecule has 1 amide bonds. The molecule has 0 saturated carbocycles. The molecule has 3 rings (SSSR count). The fourth-order valence-electron chi connectivity index (χ4n) is 2.59. The Labute approximate surface area is 117 Å². The highest BCUT2D eigenvalue weighted by atomic mass is 16.1. The lowest BCUT2D eigenvalue weighted by Gasteiger charge is -2.14. The van der Waals surface area contributed by atoms with E-state index in [-0.39, 0.29) is 0 Å². The van der Waals surface area contributed by atoms with E-state index in [0.717, 1.165) is 36.3 Å². The van der Waals surface area contributed by atoms with Crippen molar-refractivity contribution >= 4 is 5.91 Å². The molecule has 102 valence electrons. The summed E-state index contributed by atoms with van der Waals surface area (Å²) in [6.45, 7) is 1.94. The van der Waals surface area contributed by atoms with Crippen molar-refractivity contribution in [2.75, 3.05) is 13.1 Å². The van der Waals surface area contributed by atoms with Crippen LogP contribution >= 0.6 is 0 Å². The molecule has 0 aromatic carbocycles. The van der Waals surface area contributed by atoms with Crippen LogP contribution in [0.25, 0.3) is 11.3 Å². The zero-order valence-corrected chi connectivity index (χ0v) is 11.0. The van der Waals surface area contributed by atoms with Gasteiger partial charge in [0.15, 0.2) is 0 Å². The number of aromatic nitrogens is 2. The van der Waals surface area contributed by atoms with Crippen molar-refractivity contribution < 1.29 is 4.79 Å². The second-order valence-corrected chi connectivity index (χ2v) is 4.93. The van der Waals surface area contributed by atoms with Crippen LogP contribution in [0.15, 0.2) is 36.7 Å². The molecular formula is C15H16N4O. The lowest BCUT2D eigenvalue weighted by atomic mass is 9.94. The third-order valence-corrected chi connectivity index (χ3v) is 3.61. The van der Waals surface area contributed by atoms with Crippen LogP contribution in [-0.2, 0) is 0 Å². The minimum Gasteiger partial charge on any atom is -0.364 e. The first-order chi connectivity index (χ1) is 9.75. The first-order valence-corrected chi connectivity index (χ1v) is 6.67. The summed E-state index contributed by atoms with van der Waals surface area (Å²) in [5, 5.41) is 3.35. The second kappa shape index (κ2) is 5.38. The molecule has 5 nitrogen and oxygen atoms in total. The summed E-state index contributed by atoms with van der Waals surface area (Å²) in [7, 11) is 0.